The van der Waals surface area contributed by atoms with Crippen molar-refractivity contribution in [2.75, 3.05) is 13.1 Å². The lowest BCUT2D eigenvalue weighted by Crippen LogP contribution is -2.37. The van der Waals surface area contributed by atoms with Crippen LogP contribution in [0.25, 0.3) is 5.57 Å². The van der Waals surface area contributed by atoms with Crippen molar-refractivity contribution in [1.29, 1.82) is 0 Å². The summed E-state index contributed by atoms with van der Waals surface area (Å²) in [6, 6.07) is 6.97. The topological polar surface area (TPSA) is 66.5 Å². The van der Waals surface area contributed by atoms with Crippen LogP contribution in [-0.2, 0) is 14.4 Å². The van der Waals surface area contributed by atoms with Gasteiger partial charge in [-0.2, -0.15) is 13.2 Å². The average molecular weight is 340 g/mol. The largest absolute Gasteiger partial charge is 0.417 e. The minimum absolute atomic E-state index is 0.0517. The van der Waals surface area contributed by atoms with Crippen LogP contribution in [0.2, 0.25) is 0 Å². The Hall–Kier alpha value is -2.64. The summed E-state index contributed by atoms with van der Waals surface area (Å²) in [4.78, 5) is 35.5. The molecule has 1 N–H and O–H groups in total. The first-order chi connectivity index (χ1) is 11.3. The number of hydrogen-bond donors (Lipinski definition) is 1. The number of rotatable bonds is 5. The summed E-state index contributed by atoms with van der Waals surface area (Å²) in [6.45, 7) is -0.156. The summed E-state index contributed by atoms with van der Waals surface area (Å²) in [5.41, 5.74) is -1.18. The molecule has 1 fully saturated rings. The summed E-state index contributed by atoms with van der Waals surface area (Å²) in [5, 5.41) is 2.26. The summed E-state index contributed by atoms with van der Waals surface area (Å²) in [7, 11) is 0. The second-order valence-electron chi connectivity index (χ2n) is 5.15. The quantitative estimate of drug-likeness (QED) is 0.658. The van der Waals surface area contributed by atoms with E-state index in [-0.39, 0.29) is 43.3 Å². The number of carbonyl (C=O) groups is 3. The van der Waals surface area contributed by atoms with Crippen LogP contribution in [0.4, 0.5) is 13.2 Å². The Labute approximate surface area is 136 Å². The first-order valence-electron chi connectivity index (χ1n) is 7.24. The van der Waals surface area contributed by atoms with Gasteiger partial charge < -0.3 is 5.32 Å². The van der Waals surface area contributed by atoms with E-state index in [0.717, 1.165) is 4.90 Å². The van der Waals surface area contributed by atoms with Crippen LogP contribution < -0.4 is 5.32 Å². The fraction of sp³-hybridized carbons (Fsp3) is 0.312. The lowest BCUT2D eigenvalue weighted by molar-refractivity contribution is -0.138. The van der Waals surface area contributed by atoms with Gasteiger partial charge in [-0.15, -0.1) is 0 Å². The lowest BCUT2D eigenvalue weighted by Gasteiger charge is -2.14. The van der Waals surface area contributed by atoms with Gasteiger partial charge in [-0.1, -0.05) is 30.3 Å². The Morgan fingerprint density at radius 3 is 2.25 bits per heavy atom. The molecule has 128 valence electrons. The van der Waals surface area contributed by atoms with Crippen molar-refractivity contribution >= 4 is 23.3 Å². The number of imide groups is 1. The van der Waals surface area contributed by atoms with Gasteiger partial charge in [-0.25, -0.2) is 0 Å². The van der Waals surface area contributed by atoms with Crippen LogP contribution >= 0.6 is 0 Å². The molecule has 1 saturated heterocycles. The SMILES string of the molecule is O=C(C=C(c1ccccc1)C(F)(F)F)NCCN1C(=O)CCC1=O. The van der Waals surface area contributed by atoms with Crippen LogP contribution in [0.3, 0.4) is 0 Å². The molecule has 0 aromatic heterocycles. The molecule has 0 unspecified atom stereocenters. The number of halogens is 3. The highest BCUT2D eigenvalue weighted by molar-refractivity contribution is 6.02. The van der Waals surface area contributed by atoms with E-state index >= 15 is 0 Å². The van der Waals surface area contributed by atoms with E-state index in [4.69, 9.17) is 0 Å². The third-order valence-corrected chi connectivity index (χ3v) is 3.46. The highest BCUT2D eigenvalue weighted by Crippen LogP contribution is 2.33. The second-order valence-corrected chi connectivity index (χ2v) is 5.15. The van der Waals surface area contributed by atoms with Crippen LogP contribution in [-0.4, -0.2) is 41.9 Å². The first-order valence-corrected chi connectivity index (χ1v) is 7.24. The number of carbonyl (C=O) groups excluding carboxylic acids is 3. The van der Waals surface area contributed by atoms with Gasteiger partial charge in [0.2, 0.25) is 17.7 Å². The van der Waals surface area contributed by atoms with Gasteiger partial charge in [0.1, 0.15) is 0 Å². The van der Waals surface area contributed by atoms with E-state index in [1.165, 1.54) is 24.3 Å². The Balaban J connectivity index is 2.00. The van der Waals surface area contributed by atoms with Gasteiger partial charge in [-0.05, 0) is 5.56 Å². The van der Waals surface area contributed by atoms with Crippen molar-refractivity contribution < 1.29 is 27.6 Å². The van der Waals surface area contributed by atoms with E-state index in [2.05, 4.69) is 5.32 Å². The van der Waals surface area contributed by atoms with Crippen molar-refractivity contribution in [3.05, 3.63) is 42.0 Å². The molecule has 1 aliphatic rings. The minimum Gasteiger partial charge on any atom is -0.351 e. The minimum atomic E-state index is -4.68. The molecule has 1 aliphatic heterocycles. The van der Waals surface area contributed by atoms with Gasteiger partial charge in [-0.3, -0.25) is 19.3 Å². The van der Waals surface area contributed by atoms with Crippen molar-refractivity contribution in [2.24, 2.45) is 0 Å². The Morgan fingerprint density at radius 2 is 1.71 bits per heavy atom. The molecule has 1 heterocycles. The van der Waals surface area contributed by atoms with Crippen molar-refractivity contribution in [3.8, 4) is 0 Å². The second kappa shape index (κ2) is 7.29. The lowest BCUT2D eigenvalue weighted by atomic mass is 10.1. The van der Waals surface area contributed by atoms with E-state index in [1.807, 2.05) is 0 Å². The maximum absolute atomic E-state index is 13.1. The number of hydrogen-bond acceptors (Lipinski definition) is 3. The van der Waals surface area contributed by atoms with Gasteiger partial charge in [0.05, 0.1) is 5.57 Å². The standard InChI is InChI=1S/C16H15F3N2O3/c17-16(18,19)12(11-4-2-1-3-5-11)10-13(22)20-8-9-21-14(23)6-7-15(21)24/h1-5,10H,6-9H2,(H,20,22). The summed E-state index contributed by atoms with van der Waals surface area (Å²) in [5.74, 6) is -1.62. The van der Waals surface area contributed by atoms with Crippen LogP contribution in [0.1, 0.15) is 18.4 Å². The fourth-order valence-corrected chi connectivity index (χ4v) is 2.29. The smallest absolute Gasteiger partial charge is 0.351 e. The Kier molecular flexibility index (Phi) is 5.38. The molecule has 0 spiro atoms. The molecular formula is C16H15F3N2O3. The predicted octanol–water partition coefficient (Wildman–Crippen LogP) is 1.90. The highest BCUT2D eigenvalue weighted by atomic mass is 19.4. The van der Waals surface area contributed by atoms with E-state index in [1.54, 1.807) is 6.07 Å². The van der Waals surface area contributed by atoms with E-state index in [9.17, 15) is 27.6 Å². The van der Waals surface area contributed by atoms with Crippen LogP contribution in [0.15, 0.2) is 36.4 Å². The average Bonchev–Trinajstić information content (AvgIpc) is 2.84. The van der Waals surface area contributed by atoms with E-state index in [0.29, 0.717) is 6.08 Å². The number of alkyl halides is 3. The van der Waals surface area contributed by atoms with Gasteiger partial charge in [0.25, 0.3) is 0 Å². The number of amides is 3. The summed E-state index contributed by atoms with van der Waals surface area (Å²) >= 11 is 0. The van der Waals surface area contributed by atoms with Crippen molar-refractivity contribution in [2.45, 2.75) is 19.0 Å². The highest BCUT2D eigenvalue weighted by Gasteiger charge is 2.35. The summed E-state index contributed by atoms with van der Waals surface area (Å²) in [6.07, 6.45) is -3.96. The molecule has 0 aliphatic carbocycles. The fourth-order valence-electron chi connectivity index (χ4n) is 2.29. The van der Waals surface area contributed by atoms with Gasteiger partial charge >= 0.3 is 6.18 Å². The van der Waals surface area contributed by atoms with Crippen LogP contribution in [0.5, 0.6) is 0 Å². The normalized spacial score (nSPS) is 15.8. The zero-order valence-electron chi connectivity index (χ0n) is 12.6. The maximum atomic E-state index is 13.1. The molecule has 3 amide bonds. The molecule has 1 aromatic carbocycles. The number of benzene rings is 1. The van der Waals surface area contributed by atoms with E-state index < -0.39 is 17.7 Å². The predicted molar refractivity (Wildman–Crippen MR) is 79.4 cm³/mol. The Bertz CT molecular complexity index is 653. The number of likely N-dealkylation sites (tertiary alicyclic amines) is 1. The molecule has 0 saturated carbocycles. The van der Waals surface area contributed by atoms with Crippen LogP contribution in [0, 0.1) is 0 Å². The molecule has 0 bridgehead atoms. The Morgan fingerprint density at radius 1 is 1.12 bits per heavy atom. The number of allylic oxidation sites excluding steroid dienone is 1. The van der Waals surface area contributed by atoms with Crippen molar-refractivity contribution in [3.63, 3.8) is 0 Å². The molecule has 5 nitrogen and oxygen atoms in total. The zero-order chi connectivity index (χ0) is 17.7. The van der Waals surface area contributed by atoms with Crippen molar-refractivity contribution in [1.82, 2.24) is 10.2 Å². The maximum Gasteiger partial charge on any atom is 0.417 e. The molecule has 0 radical (unpaired) electrons. The first kappa shape index (κ1) is 17.7. The molecule has 1 aromatic rings. The monoisotopic (exact) mass is 340 g/mol. The molecule has 0 atom stereocenters. The zero-order valence-corrected chi connectivity index (χ0v) is 12.6. The number of nitrogens with one attached hydrogen (secondary N) is 1. The molecule has 8 heteroatoms. The summed E-state index contributed by atoms with van der Waals surface area (Å²) < 4.78 is 39.3. The molecule has 2 rings (SSSR count). The third-order valence-electron chi connectivity index (χ3n) is 3.46. The molecular weight excluding hydrogens is 325 g/mol. The van der Waals surface area contributed by atoms with Gasteiger partial charge in [0, 0.05) is 32.0 Å². The third kappa shape index (κ3) is 4.43. The van der Waals surface area contributed by atoms with Gasteiger partial charge in [0.15, 0.2) is 0 Å². The number of nitrogens with zero attached hydrogens (tertiary/aromatic N) is 1. The molecule has 24 heavy (non-hydrogen) atoms.